The molecule has 0 heterocycles. The first-order chi connectivity index (χ1) is 2.30. The summed E-state index contributed by atoms with van der Waals surface area (Å²) in [7, 11) is 0. The number of rotatable bonds is 0. The smallest absolute Gasteiger partial charge is 0 e. The average molecular weight is 157 g/mol. The van der Waals surface area contributed by atoms with Crippen LogP contribution in [0.4, 0.5) is 0 Å². The third kappa shape index (κ3) is 1.70. The van der Waals surface area contributed by atoms with Gasteiger partial charge in [0.25, 0.3) is 0 Å². The van der Waals surface area contributed by atoms with E-state index in [4.69, 9.17) is 0 Å². The van der Waals surface area contributed by atoms with Crippen LogP contribution in [0.15, 0.2) is 0 Å². The second-order valence-corrected chi connectivity index (χ2v) is 1.76. The van der Waals surface area contributed by atoms with E-state index in [1.807, 2.05) is 0 Å². The molecule has 0 N–H and O–H groups in total. The molecule has 1 fully saturated rings. The summed E-state index contributed by atoms with van der Waals surface area (Å²) in [5.74, 6) is 1.38. The van der Waals surface area contributed by atoms with Gasteiger partial charge in [0.1, 0.15) is 0 Å². The first-order valence-corrected chi connectivity index (χ1v) is 1.97. The van der Waals surface area contributed by atoms with Crippen molar-refractivity contribution < 1.29 is 32.7 Å². The Morgan fingerprint density at radius 3 is 1.33 bits per heavy atom. The van der Waals surface area contributed by atoms with Gasteiger partial charge in [-0.25, -0.2) is 0 Å². The first-order valence-electron chi connectivity index (χ1n) is 1.97. The minimum atomic E-state index is 0. The molecular formula is C5H8Y-2. The molecule has 0 nitrogen and oxygen atoms in total. The summed E-state index contributed by atoms with van der Waals surface area (Å²) in [6.07, 6.45) is 1.25. The van der Waals surface area contributed by atoms with Gasteiger partial charge < -0.3 is 13.8 Å². The van der Waals surface area contributed by atoms with E-state index >= 15 is 0 Å². The van der Waals surface area contributed by atoms with Gasteiger partial charge in [0, 0.05) is 32.7 Å². The number of hydrogen-bond donors (Lipinski definition) is 0. The van der Waals surface area contributed by atoms with Crippen LogP contribution in [0.3, 0.4) is 0 Å². The van der Waals surface area contributed by atoms with Gasteiger partial charge in [-0.3, -0.25) is 0 Å². The maximum Gasteiger partial charge on any atom is 0 e. The van der Waals surface area contributed by atoms with Gasteiger partial charge in [0.15, 0.2) is 0 Å². The molecule has 1 heteroatoms. The Balaban J connectivity index is 0.000000250. The fraction of sp³-hybridized carbons (Fsp3) is 0.600. The summed E-state index contributed by atoms with van der Waals surface area (Å²) in [5, 5.41) is 0. The summed E-state index contributed by atoms with van der Waals surface area (Å²) in [6, 6.07) is 0. The van der Waals surface area contributed by atoms with Crippen LogP contribution in [-0.2, 0) is 32.7 Å². The Labute approximate surface area is 64.6 Å². The Kier molecular flexibility index (Phi) is 2.87. The first kappa shape index (κ1) is 7.10. The molecule has 33 valence electrons. The summed E-state index contributed by atoms with van der Waals surface area (Å²) >= 11 is 0. The molecule has 2 atom stereocenters. The SMILES string of the molecule is [CH2-]C1CC1[CH2-].[Y]. The van der Waals surface area contributed by atoms with Crippen LogP contribution in [-0.4, -0.2) is 0 Å². The fourth-order valence-electron chi connectivity index (χ4n) is 0.310. The van der Waals surface area contributed by atoms with Gasteiger partial charge in [0.2, 0.25) is 0 Å². The zero-order chi connectivity index (χ0) is 3.86. The van der Waals surface area contributed by atoms with Crippen LogP contribution in [0.25, 0.3) is 0 Å². The molecule has 0 aromatic carbocycles. The van der Waals surface area contributed by atoms with E-state index in [0.717, 1.165) is 0 Å². The van der Waals surface area contributed by atoms with E-state index < -0.39 is 0 Å². The molecule has 1 saturated carbocycles. The third-order valence-electron chi connectivity index (χ3n) is 1.07. The zero-order valence-electron chi connectivity index (χ0n) is 3.85. The third-order valence-corrected chi connectivity index (χ3v) is 1.07. The zero-order valence-corrected chi connectivity index (χ0v) is 6.69. The minimum absolute atomic E-state index is 0. The molecule has 0 spiro atoms. The van der Waals surface area contributed by atoms with E-state index in [1.54, 1.807) is 0 Å². The average Bonchev–Trinajstić information content (AvgIpc) is 1.79. The Bertz CT molecular complexity index is 37.2. The van der Waals surface area contributed by atoms with Crippen LogP contribution in [0.5, 0.6) is 0 Å². The van der Waals surface area contributed by atoms with Crippen molar-refractivity contribution in [2.45, 2.75) is 6.42 Å². The standard InChI is InChI=1S/C5H8.Y/c1-4-3-5(4)2;/h4-5H,1-3H2;/q-2;. The Morgan fingerprint density at radius 2 is 1.33 bits per heavy atom. The monoisotopic (exact) mass is 157 g/mol. The van der Waals surface area contributed by atoms with Crippen molar-refractivity contribution in [2.75, 3.05) is 0 Å². The molecule has 1 aliphatic rings. The second-order valence-electron chi connectivity index (χ2n) is 1.76. The molecule has 0 aromatic heterocycles. The largest absolute Gasteiger partial charge is 0.343 e. The van der Waals surface area contributed by atoms with Crippen molar-refractivity contribution in [1.29, 1.82) is 0 Å². The van der Waals surface area contributed by atoms with E-state index in [9.17, 15) is 0 Å². The van der Waals surface area contributed by atoms with E-state index in [0.29, 0.717) is 11.8 Å². The quantitative estimate of drug-likeness (QED) is 0.464. The molecule has 0 bridgehead atoms. The molecule has 0 aromatic rings. The molecule has 0 aliphatic heterocycles. The van der Waals surface area contributed by atoms with Crippen molar-refractivity contribution in [3.63, 3.8) is 0 Å². The van der Waals surface area contributed by atoms with E-state index in [-0.39, 0.29) is 32.7 Å². The summed E-state index contributed by atoms with van der Waals surface area (Å²) < 4.78 is 0. The molecule has 0 amide bonds. The van der Waals surface area contributed by atoms with Crippen molar-refractivity contribution in [1.82, 2.24) is 0 Å². The molecule has 1 aliphatic carbocycles. The second kappa shape index (κ2) is 2.42. The molecule has 1 radical (unpaired) electrons. The predicted octanol–water partition coefficient (Wildman–Crippen LogP) is 1.29. The van der Waals surface area contributed by atoms with Gasteiger partial charge >= 0.3 is 0 Å². The molecule has 1 rings (SSSR count). The molecule has 0 saturated heterocycles. The summed E-state index contributed by atoms with van der Waals surface area (Å²) in [5.41, 5.74) is 0. The van der Waals surface area contributed by atoms with Gasteiger partial charge in [-0.05, 0) is 0 Å². The van der Waals surface area contributed by atoms with Crippen molar-refractivity contribution >= 4 is 0 Å². The maximum absolute atomic E-state index is 3.77. The topological polar surface area (TPSA) is 0 Å². The van der Waals surface area contributed by atoms with Crippen LogP contribution >= 0.6 is 0 Å². The number of hydrogen-bond acceptors (Lipinski definition) is 0. The summed E-state index contributed by atoms with van der Waals surface area (Å²) in [6.45, 7) is 7.54. The van der Waals surface area contributed by atoms with Crippen LogP contribution in [0, 0.1) is 25.7 Å². The van der Waals surface area contributed by atoms with Crippen LogP contribution in [0.1, 0.15) is 6.42 Å². The van der Waals surface area contributed by atoms with E-state index in [2.05, 4.69) is 13.8 Å². The van der Waals surface area contributed by atoms with Crippen molar-refractivity contribution in [3.8, 4) is 0 Å². The Morgan fingerprint density at radius 1 is 1.17 bits per heavy atom. The molecule has 6 heavy (non-hydrogen) atoms. The van der Waals surface area contributed by atoms with Gasteiger partial charge in [0.05, 0.1) is 0 Å². The van der Waals surface area contributed by atoms with Gasteiger partial charge in [-0.1, -0.05) is 0 Å². The van der Waals surface area contributed by atoms with Crippen molar-refractivity contribution in [2.24, 2.45) is 11.8 Å². The van der Waals surface area contributed by atoms with Gasteiger partial charge in [-0.15, -0.1) is 6.42 Å². The van der Waals surface area contributed by atoms with Crippen molar-refractivity contribution in [3.05, 3.63) is 13.8 Å². The van der Waals surface area contributed by atoms with Crippen LogP contribution < -0.4 is 0 Å². The molecular weight excluding hydrogens is 149 g/mol. The predicted molar refractivity (Wildman–Crippen MR) is 22.3 cm³/mol. The van der Waals surface area contributed by atoms with E-state index in [1.165, 1.54) is 6.42 Å². The molecule has 2 unspecified atom stereocenters. The normalized spacial score (nSPS) is 41.0. The maximum atomic E-state index is 3.77. The summed E-state index contributed by atoms with van der Waals surface area (Å²) in [4.78, 5) is 0. The van der Waals surface area contributed by atoms with Crippen LogP contribution in [0.2, 0.25) is 0 Å². The minimum Gasteiger partial charge on any atom is -0.343 e. The Hall–Kier alpha value is 1.10. The van der Waals surface area contributed by atoms with Gasteiger partial charge in [-0.2, -0.15) is 11.8 Å². The fourth-order valence-corrected chi connectivity index (χ4v) is 0.310.